The lowest BCUT2D eigenvalue weighted by Gasteiger charge is -2.02. The van der Waals surface area contributed by atoms with E-state index >= 15 is 0 Å². The predicted molar refractivity (Wildman–Crippen MR) is 65.2 cm³/mol. The number of nitrogens with one attached hydrogen (secondary N) is 1. The van der Waals surface area contributed by atoms with Gasteiger partial charge in [-0.3, -0.25) is 0 Å². The van der Waals surface area contributed by atoms with Gasteiger partial charge in [-0.05, 0) is 39.2 Å². The van der Waals surface area contributed by atoms with E-state index in [4.69, 9.17) is 4.74 Å². The van der Waals surface area contributed by atoms with Gasteiger partial charge in [0.05, 0.1) is 6.61 Å². The van der Waals surface area contributed by atoms with Crippen molar-refractivity contribution in [3.05, 3.63) is 23.8 Å². The standard InChI is InChI=1S/C13H21NO2/c1-2-16-13(15)8-5-10-14-11-9-12-6-3-4-7-12/h5-6,8,14H,2-4,7,9-11H2,1H3/b8-5+. The topological polar surface area (TPSA) is 38.3 Å². The van der Waals surface area contributed by atoms with Crippen molar-refractivity contribution in [1.29, 1.82) is 0 Å². The minimum absolute atomic E-state index is 0.261. The van der Waals surface area contributed by atoms with Crippen molar-refractivity contribution in [2.45, 2.75) is 32.6 Å². The number of carbonyl (C=O) groups is 1. The molecule has 1 rings (SSSR count). The number of ether oxygens (including phenoxy) is 1. The normalized spacial score (nSPS) is 15.4. The third-order valence-electron chi connectivity index (χ3n) is 2.56. The summed E-state index contributed by atoms with van der Waals surface area (Å²) in [5.41, 5.74) is 1.57. The molecule has 0 saturated carbocycles. The first kappa shape index (κ1) is 13.0. The third kappa shape index (κ3) is 5.71. The van der Waals surface area contributed by atoms with Crippen LogP contribution in [-0.2, 0) is 9.53 Å². The van der Waals surface area contributed by atoms with Gasteiger partial charge in [-0.2, -0.15) is 0 Å². The molecule has 16 heavy (non-hydrogen) atoms. The van der Waals surface area contributed by atoms with Crippen molar-refractivity contribution in [2.24, 2.45) is 0 Å². The summed E-state index contributed by atoms with van der Waals surface area (Å²) in [4.78, 5) is 10.9. The van der Waals surface area contributed by atoms with Crippen molar-refractivity contribution in [1.82, 2.24) is 5.32 Å². The molecule has 0 amide bonds. The number of hydrogen-bond acceptors (Lipinski definition) is 3. The molecule has 3 nitrogen and oxygen atoms in total. The van der Waals surface area contributed by atoms with E-state index in [0.29, 0.717) is 6.61 Å². The quantitative estimate of drug-likeness (QED) is 0.311. The van der Waals surface area contributed by atoms with Crippen molar-refractivity contribution in [3.63, 3.8) is 0 Å². The van der Waals surface area contributed by atoms with Crippen LogP contribution in [0.25, 0.3) is 0 Å². The van der Waals surface area contributed by atoms with Crippen molar-refractivity contribution in [2.75, 3.05) is 19.7 Å². The second-order valence-electron chi connectivity index (χ2n) is 3.86. The van der Waals surface area contributed by atoms with Gasteiger partial charge in [0.25, 0.3) is 0 Å². The van der Waals surface area contributed by atoms with Crippen LogP contribution in [0.2, 0.25) is 0 Å². The Morgan fingerprint density at radius 3 is 3.19 bits per heavy atom. The molecule has 0 saturated heterocycles. The fraction of sp³-hybridized carbons (Fsp3) is 0.615. The molecule has 1 aliphatic rings. The Morgan fingerprint density at radius 1 is 1.62 bits per heavy atom. The Kier molecular flexibility index (Phi) is 6.58. The molecule has 90 valence electrons. The number of esters is 1. The van der Waals surface area contributed by atoms with Gasteiger partial charge < -0.3 is 10.1 Å². The van der Waals surface area contributed by atoms with Gasteiger partial charge in [0.15, 0.2) is 0 Å². The number of hydrogen-bond donors (Lipinski definition) is 1. The molecule has 0 aliphatic heterocycles. The average molecular weight is 223 g/mol. The molecule has 0 aromatic heterocycles. The molecule has 0 heterocycles. The molecule has 1 N–H and O–H groups in total. The first-order valence-corrected chi connectivity index (χ1v) is 6.05. The second-order valence-corrected chi connectivity index (χ2v) is 3.86. The minimum atomic E-state index is -0.261. The van der Waals surface area contributed by atoms with Crippen LogP contribution >= 0.6 is 0 Å². The zero-order valence-corrected chi connectivity index (χ0v) is 10.00. The fourth-order valence-electron chi connectivity index (χ4n) is 1.74. The smallest absolute Gasteiger partial charge is 0.330 e. The van der Waals surface area contributed by atoms with Gasteiger partial charge in [0, 0.05) is 12.6 Å². The second kappa shape index (κ2) is 8.11. The molecule has 0 bridgehead atoms. The monoisotopic (exact) mass is 223 g/mol. The molecule has 1 aliphatic carbocycles. The number of allylic oxidation sites excluding steroid dienone is 1. The van der Waals surface area contributed by atoms with E-state index in [2.05, 4.69) is 11.4 Å². The van der Waals surface area contributed by atoms with Crippen LogP contribution in [0.5, 0.6) is 0 Å². The van der Waals surface area contributed by atoms with Gasteiger partial charge >= 0.3 is 5.97 Å². The SMILES string of the molecule is CCOC(=O)/C=C/CNCCC1=CCCC1. The van der Waals surface area contributed by atoms with Crippen LogP contribution in [-0.4, -0.2) is 25.7 Å². The third-order valence-corrected chi connectivity index (χ3v) is 2.56. The maximum Gasteiger partial charge on any atom is 0.330 e. The number of rotatable bonds is 7. The van der Waals surface area contributed by atoms with Crippen LogP contribution in [0, 0.1) is 0 Å². The lowest BCUT2D eigenvalue weighted by molar-refractivity contribution is -0.137. The van der Waals surface area contributed by atoms with E-state index < -0.39 is 0 Å². The highest BCUT2D eigenvalue weighted by Gasteiger charge is 2.02. The van der Waals surface area contributed by atoms with Gasteiger partial charge in [-0.1, -0.05) is 17.7 Å². The Labute approximate surface area is 97.6 Å². The van der Waals surface area contributed by atoms with E-state index in [9.17, 15) is 4.79 Å². The maximum absolute atomic E-state index is 10.9. The zero-order valence-electron chi connectivity index (χ0n) is 10.00. The molecule has 0 unspecified atom stereocenters. The summed E-state index contributed by atoms with van der Waals surface area (Å²) in [6, 6.07) is 0. The van der Waals surface area contributed by atoms with Crippen LogP contribution in [0.3, 0.4) is 0 Å². The minimum Gasteiger partial charge on any atom is -0.463 e. The lowest BCUT2D eigenvalue weighted by atomic mass is 10.2. The highest BCUT2D eigenvalue weighted by Crippen LogP contribution is 2.19. The number of carbonyl (C=O) groups excluding carboxylic acids is 1. The van der Waals surface area contributed by atoms with Crippen molar-refractivity contribution < 1.29 is 9.53 Å². The van der Waals surface area contributed by atoms with Gasteiger partial charge in [0.2, 0.25) is 0 Å². The molecule has 0 aromatic carbocycles. The van der Waals surface area contributed by atoms with Crippen LogP contribution in [0.1, 0.15) is 32.6 Å². The van der Waals surface area contributed by atoms with E-state index in [1.807, 2.05) is 0 Å². The summed E-state index contributed by atoms with van der Waals surface area (Å²) in [5.74, 6) is -0.261. The molecular formula is C13H21NO2. The van der Waals surface area contributed by atoms with E-state index in [1.54, 1.807) is 18.6 Å². The van der Waals surface area contributed by atoms with E-state index in [-0.39, 0.29) is 5.97 Å². The highest BCUT2D eigenvalue weighted by molar-refractivity contribution is 5.81. The Morgan fingerprint density at radius 2 is 2.50 bits per heavy atom. The van der Waals surface area contributed by atoms with E-state index in [0.717, 1.165) is 19.5 Å². The molecule has 0 fully saturated rings. The average Bonchev–Trinajstić information content (AvgIpc) is 2.76. The van der Waals surface area contributed by atoms with Gasteiger partial charge in [0.1, 0.15) is 0 Å². The maximum atomic E-state index is 10.9. The summed E-state index contributed by atoms with van der Waals surface area (Å²) in [6.07, 6.45) is 10.6. The van der Waals surface area contributed by atoms with Crippen LogP contribution in [0.15, 0.2) is 23.8 Å². The summed E-state index contributed by atoms with van der Waals surface area (Å²) >= 11 is 0. The lowest BCUT2D eigenvalue weighted by Crippen LogP contribution is -2.15. The zero-order chi connectivity index (χ0) is 11.6. The largest absolute Gasteiger partial charge is 0.463 e. The Hall–Kier alpha value is -1.09. The summed E-state index contributed by atoms with van der Waals surface area (Å²) in [6.45, 7) is 3.95. The van der Waals surface area contributed by atoms with Crippen molar-refractivity contribution in [3.8, 4) is 0 Å². The summed E-state index contributed by atoms with van der Waals surface area (Å²) < 4.78 is 4.77. The fourth-order valence-corrected chi connectivity index (χ4v) is 1.74. The Balaban J connectivity index is 1.96. The molecule has 0 aromatic rings. The molecule has 0 radical (unpaired) electrons. The first-order chi connectivity index (χ1) is 7.83. The highest BCUT2D eigenvalue weighted by atomic mass is 16.5. The van der Waals surface area contributed by atoms with Crippen LogP contribution in [0.4, 0.5) is 0 Å². The summed E-state index contributed by atoms with van der Waals surface area (Å²) in [7, 11) is 0. The van der Waals surface area contributed by atoms with Crippen molar-refractivity contribution >= 4 is 5.97 Å². The molecular weight excluding hydrogens is 202 g/mol. The van der Waals surface area contributed by atoms with Gasteiger partial charge in [-0.15, -0.1) is 0 Å². The molecule has 0 spiro atoms. The predicted octanol–water partition coefficient (Wildman–Crippen LogP) is 2.20. The molecule has 3 heteroatoms. The first-order valence-electron chi connectivity index (χ1n) is 6.05. The summed E-state index contributed by atoms with van der Waals surface area (Å²) in [5, 5.41) is 3.27. The van der Waals surface area contributed by atoms with Gasteiger partial charge in [-0.25, -0.2) is 4.79 Å². The van der Waals surface area contributed by atoms with Crippen LogP contribution < -0.4 is 5.32 Å². The Bertz CT molecular complexity index is 269. The molecule has 0 atom stereocenters. The van der Waals surface area contributed by atoms with E-state index in [1.165, 1.54) is 25.3 Å².